The molecule has 0 amide bonds. The topological polar surface area (TPSA) is 50.1 Å². The van der Waals surface area contributed by atoms with Crippen LogP contribution < -0.4 is 0 Å². The lowest BCUT2D eigenvalue weighted by Crippen LogP contribution is -2.17. The number of alkyl halides is 2. The van der Waals surface area contributed by atoms with Crippen LogP contribution in [0.2, 0.25) is 0 Å². The Balaban J connectivity index is 1.89. The first-order chi connectivity index (χ1) is 9.58. The summed E-state index contributed by atoms with van der Waals surface area (Å²) in [6.07, 6.45) is -0.771. The fourth-order valence-corrected chi connectivity index (χ4v) is 2.40. The molecule has 0 unspecified atom stereocenters. The highest BCUT2D eigenvalue weighted by Crippen LogP contribution is 2.27. The Morgan fingerprint density at radius 1 is 1.45 bits per heavy atom. The monoisotopic (exact) mass is 279 g/mol. The molecule has 1 fully saturated rings. The molecular weight excluding hydrogens is 264 g/mol. The van der Waals surface area contributed by atoms with Crippen LogP contribution in [0, 0.1) is 17.2 Å². The highest BCUT2D eigenvalue weighted by atomic mass is 19.3. The van der Waals surface area contributed by atoms with Crippen molar-refractivity contribution in [2.24, 2.45) is 5.92 Å². The molecule has 106 valence electrons. The number of halogens is 2. The van der Waals surface area contributed by atoms with E-state index < -0.39 is 12.4 Å². The van der Waals surface area contributed by atoms with Crippen LogP contribution in [0.1, 0.15) is 36.8 Å². The second-order valence-corrected chi connectivity index (χ2v) is 4.97. The Kier molecular flexibility index (Phi) is 4.67. The van der Waals surface area contributed by atoms with Crippen molar-refractivity contribution in [3.05, 3.63) is 35.4 Å². The summed E-state index contributed by atoms with van der Waals surface area (Å²) in [6, 6.07) is 7.94. The first-order valence-electron chi connectivity index (χ1n) is 6.54. The zero-order valence-electron chi connectivity index (χ0n) is 10.9. The second kappa shape index (κ2) is 6.47. The van der Waals surface area contributed by atoms with Crippen LogP contribution in [0.25, 0.3) is 0 Å². The molecule has 1 saturated carbocycles. The molecule has 1 aromatic rings. The van der Waals surface area contributed by atoms with Crippen molar-refractivity contribution >= 4 is 5.97 Å². The SMILES string of the molecule is N#C[C@H]1CC[C@@H](OC(=O)Cc2cccc(C(F)F)c2)C1. The van der Waals surface area contributed by atoms with Crippen molar-refractivity contribution in [3.8, 4) is 6.07 Å². The molecule has 0 bridgehead atoms. The molecule has 0 heterocycles. The second-order valence-electron chi connectivity index (χ2n) is 4.97. The standard InChI is InChI=1S/C15H15F2NO2/c16-15(17)12-3-1-2-10(6-12)8-14(19)20-13-5-4-11(7-13)9-18/h1-3,6,11,13,15H,4-5,7-8H2/t11-,13+/m0/s1. The molecule has 0 radical (unpaired) electrons. The Labute approximate surface area is 116 Å². The lowest BCUT2D eigenvalue weighted by Gasteiger charge is -2.11. The summed E-state index contributed by atoms with van der Waals surface area (Å²) in [6.45, 7) is 0. The molecule has 1 aliphatic carbocycles. The van der Waals surface area contributed by atoms with Gasteiger partial charge < -0.3 is 4.74 Å². The quantitative estimate of drug-likeness (QED) is 0.794. The van der Waals surface area contributed by atoms with Crippen LogP contribution in [0.5, 0.6) is 0 Å². The number of carbonyl (C=O) groups is 1. The van der Waals surface area contributed by atoms with Gasteiger partial charge in [0.05, 0.1) is 12.5 Å². The molecule has 1 aliphatic rings. The number of benzene rings is 1. The maximum absolute atomic E-state index is 12.5. The van der Waals surface area contributed by atoms with Crippen molar-refractivity contribution in [3.63, 3.8) is 0 Å². The average Bonchev–Trinajstić information content (AvgIpc) is 2.86. The van der Waals surface area contributed by atoms with Crippen molar-refractivity contribution in [1.29, 1.82) is 5.26 Å². The summed E-state index contributed by atoms with van der Waals surface area (Å²) in [5.41, 5.74) is 0.420. The van der Waals surface area contributed by atoms with Crippen LogP contribution in [-0.4, -0.2) is 12.1 Å². The minimum atomic E-state index is -2.54. The summed E-state index contributed by atoms with van der Waals surface area (Å²) >= 11 is 0. The first kappa shape index (κ1) is 14.4. The number of carbonyl (C=O) groups excluding carboxylic acids is 1. The van der Waals surface area contributed by atoms with E-state index in [1.165, 1.54) is 18.2 Å². The molecule has 0 saturated heterocycles. The molecule has 0 aliphatic heterocycles. The average molecular weight is 279 g/mol. The Morgan fingerprint density at radius 3 is 2.90 bits per heavy atom. The van der Waals surface area contributed by atoms with Gasteiger partial charge in [-0.15, -0.1) is 0 Å². The predicted octanol–water partition coefficient (Wildman–Crippen LogP) is 3.40. The Morgan fingerprint density at radius 2 is 2.25 bits per heavy atom. The summed E-state index contributed by atoms with van der Waals surface area (Å²) < 4.78 is 30.4. The van der Waals surface area contributed by atoms with Gasteiger partial charge in [0.25, 0.3) is 6.43 Å². The van der Waals surface area contributed by atoms with Gasteiger partial charge in [-0.3, -0.25) is 4.79 Å². The number of ether oxygens (including phenoxy) is 1. The van der Waals surface area contributed by atoms with Crippen LogP contribution in [0.4, 0.5) is 8.78 Å². The third-order valence-electron chi connectivity index (χ3n) is 3.42. The zero-order valence-corrected chi connectivity index (χ0v) is 10.9. The van der Waals surface area contributed by atoms with E-state index in [1.807, 2.05) is 0 Å². The molecule has 20 heavy (non-hydrogen) atoms. The molecule has 0 N–H and O–H groups in total. The Bertz CT molecular complexity index is 525. The van der Waals surface area contributed by atoms with Crippen molar-refractivity contribution in [2.45, 2.75) is 38.2 Å². The molecule has 2 rings (SSSR count). The summed E-state index contributed by atoms with van der Waals surface area (Å²) in [5.74, 6) is -0.477. The lowest BCUT2D eigenvalue weighted by molar-refractivity contribution is -0.147. The largest absolute Gasteiger partial charge is 0.462 e. The Hall–Kier alpha value is -1.96. The van der Waals surface area contributed by atoms with Crippen LogP contribution >= 0.6 is 0 Å². The van der Waals surface area contributed by atoms with Crippen molar-refractivity contribution in [1.82, 2.24) is 0 Å². The molecular formula is C15H15F2NO2. The molecule has 1 aromatic carbocycles. The van der Waals surface area contributed by atoms with Crippen LogP contribution in [0.15, 0.2) is 24.3 Å². The number of hydrogen-bond donors (Lipinski definition) is 0. The normalized spacial score (nSPS) is 21.7. The van der Waals surface area contributed by atoms with Gasteiger partial charge in [-0.05, 0) is 24.5 Å². The maximum Gasteiger partial charge on any atom is 0.310 e. The van der Waals surface area contributed by atoms with Gasteiger partial charge in [0.15, 0.2) is 0 Å². The smallest absolute Gasteiger partial charge is 0.310 e. The van der Waals surface area contributed by atoms with E-state index in [2.05, 4.69) is 6.07 Å². The number of nitriles is 1. The predicted molar refractivity (Wildman–Crippen MR) is 67.9 cm³/mol. The third kappa shape index (κ3) is 3.77. The molecule has 2 atom stereocenters. The van der Waals surface area contributed by atoms with Gasteiger partial charge >= 0.3 is 5.97 Å². The summed E-state index contributed by atoms with van der Waals surface area (Å²) in [4.78, 5) is 11.8. The van der Waals surface area contributed by atoms with Gasteiger partial charge in [-0.2, -0.15) is 5.26 Å². The van der Waals surface area contributed by atoms with E-state index in [4.69, 9.17) is 10.00 Å². The van der Waals surface area contributed by atoms with Gasteiger partial charge in [-0.1, -0.05) is 18.2 Å². The maximum atomic E-state index is 12.5. The van der Waals surface area contributed by atoms with Gasteiger partial charge in [0.1, 0.15) is 6.10 Å². The highest BCUT2D eigenvalue weighted by molar-refractivity contribution is 5.72. The molecule has 0 spiro atoms. The lowest BCUT2D eigenvalue weighted by atomic mass is 10.1. The minimum Gasteiger partial charge on any atom is -0.462 e. The van der Waals surface area contributed by atoms with Gasteiger partial charge in [0.2, 0.25) is 0 Å². The molecule has 5 heteroatoms. The third-order valence-corrected chi connectivity index (χ3v) is 3.42. The summed E-state index contributed by atoms with van der Waals surface area (Å²) in [5, 5.41) is 8.77. The number of hydrogen-bond acceptors (Lipinski definition) is 3. The van der Waals surface area contributed by atoms with E-state index in [9.17, 15) is 13.6 Å². The van der Waals surface area contributed by atoms with E-state index >= 15 is 0 Å². The van der Waals surface area contributed by atoms with E-state index in [-0.39, 0.29) is 24.0 Å². The van der Waals surface area contributed by atoms with Gasteiger partial charge in [0, 0.05) is 17.9 Å². The van der Waals surface area contributed by atoms with Crippen molar-refractivity contribution < 1.29 is 18.3 Å². The van der Waals surface area contributed by atoms with Crippen molar-refractivity contribution in [2.75, 3.05) is 0 Å². The van der Waals surface area contributed by atoms with E-state index in [0.29, 0.717) is 18.4 Å². The number of esters is 1. The molecule has 0 aromatic heterocycles. The number of nitrogens with zero attached hydrogens (tertiary/aromatic N) is 1. The van der Waals surface area contributed by atoms with Gasteiger partial charge in [-0.25, -0.2) is 8.78 Å². The minimum absolute atomic E-state index is 0.0196. The van der Waals surface area contributed by atoms with Crippen LogP contribution in [0.3, 0.4) is 0 Å². The summed E-state index contributed by atoms with van der Waals surface area (Å²) in [7, 11) is 0. The van der Waals surface area contributed by atoms with E-state index in [1.54, 1.807) is 6.07 Å². The molecule has 3 nitrogen and oxygen atoms in total. The first-order valence-corrected chi connectivity index (χ1v) is 6.54. The van der Waals surface area contributed by atoms with Crippen LogP contribution in [-0.2, 0) is 16.0 Å². The number of rotatable bonds is 4. The zero-order chi connectivity index (χ0) is 14.5. The fourth-order valence-electron chi connectivity index (χ4n) is 2.40. The van der Waals surface area contributed by atoms with E-state index in [0.717, 1.165) is 6.42 Å². The fraction of sp³-hybridized carbons (Fsp3) is 0.467. The highest BCUT2D eigenvalue weighted by Gasteiger charge is 2.27.